The third-order valence-corrected chi connectivity index (χ3v) is 4.73. The fourth-order valence-corrected chi connectivity index (χ4v) is 2.68. The first-order valence-electron chi connectivity index (χ1n) is 9.05. The number of epoxide rings is 1. The maximum atomic E-state index is 11.6. The zero-order valence-electron chi connectivity index (χ0n) is 14.9. The zero-order valence-corrected chi connectivity index (χ0v) is 14.9. The molecule has 2 amide bonds. The first-order chi connectivity index (χ1) is 12.0. The Hall–Kier alpha value is -1.58. The van der Waals surface area contributed by atoms with Crippen LogP contribution in [-0.4, -0.2) is 85.9 Å². The Morgan fingerprint density at radius 2 is 1.32 bits per heavy atom. The average Bonchev–Trinajstić information content (AvgIpc) is 3.43. The summed E-state index contributed by atoms with van der Waals surface area (Å²) in [6.45, 7) is 9.92. The highest BCUT2D eigenvalue weighted by Crippen LogP contribution is 2.24. The summed E-state index contributed by atoms with van der Waals surface area (Å²) in [6.07, 6.45) is -0.986. The van der Waals surface area contributed by atoms with Gasteiger partial charge in [-0.05, 0) is 26.7 Å². The highest BCUT2D eigenvalue weighted by Gasteiger charge is 2.47. The second-order valence-corrected chi connectivity index (χ2v) is 6.88. The van der Waals surface area contributed by atoms with E-state index in [2.05, 4.69) is 34.3 Å². The highest BCUT2D eigenvalue weighted by atomic mass is 16.9. The minimum absolute atomic E-state index is 0.469. The van der Waals surface area contributed by atoms with Crippen LogP contribution < -0.4 is 10.6 Å². The zero-order chi connectivity index (χ0) is 17.8. The standard InChI is InChI=1S/C16H28N4O5/c1-11(19-7-8-19)3-5-17-15(21)24-13-14(23-13)25-16(22)18-6-4-12(2)20-9-10-20/h11-14H,3-10H2,1-2H3,(H,17,21)(H,18,22). The monoisotopic (exact) mass is 356 g/mol. The lowest BCUT2D eigenvalue weighted by Gasteiger charge is -2.12. The summed E-state index contributed by atoms with van der Waals surface area (Å²) < 4.78 is 15.1. The molecular weight excluding hydrogens is 328 g/mol. The summed E-state index contributed by atoms with van der Waals surface area (Å²) in [4.78, 5) is 27.9. The van der Waals surface area contributed by atoms with Crippen LogP contribution in [0.5, 0.6) is 0 Å². The van der Waals surface area contributed by atoms with Crippen molar-refractivity contribution in [3.05, 3.63) is 0 Å². The molecule has 25 heavy (non-hydrogen) atoms. The molecule has 3 fully saturated rings. The molecule has 0 aromatic heterocycles. The molecule has 9 nitrogen and oxygen atoms in total. The molecule has 0 bridgehead atoms. The van der Waals surface area contributed by atoms with Gasteiger partial charge in [0.05, 0.1) is 0 Å². The van der Waals surface area contributed by atoms with Crippen molar-refractivity contribution in [1.29, 1.82) is 0 Å². The Bertz CT molecular complexity index is 441. The van der Waals surface area contributed by atoms with E-state index in [1.54, 1.807) is 0 Å². The van der Waals surface area contributed by atoms with Crippen LogP contribution in [0.2, 0.25) is 0 Å². The topological polar surface area (TPSA) is 95.2 Å². The Morgan fingerprint density at radius 1 is 0.920 bits per heavy atom. The van der Waals surface area contributed by atoms with Crippen LogP contribution in [0.3, 0.4) is 0 Å². The molecule has 0 aliphatic carbocycles. The van der Waals surface area contributed by atoms with E-state index in [1.165, 1.54) is 0 Å². The fourth-order valence-electron chi connectivity index (χ4n) is 2.68. The van der Waals surface area contributed by atoms with Gasteiger partial charge >= 0.3 is 12.2 Å². The molecule has 4 unspecified atom stereocenters. The molecule has 4 atom stereocenters. The lowest BCUT2D eigenvalue weighted by Crippen LogP contribution is -2.31. The van der Waals surface area contributed by atoms with Crippen LogP contribution >= 0.6 is 0 Å². The van der Waals surface area contributed by atoms with Gasteiger partial charge in [-0.1, -0.05) is 0 Å². The molecule has 3 aliphatic heterocycles. The molecule has 9 heteroatoms. The van der Waals surface area contributed by atoms with E-state index in [1.807, 2.05) is 0 Å². The first kappa shape index (κ1) is 18.2. The molecule has 0 spiro atoms. The van der Waals surface area contributed by atoms with E-state index in [0.717, 1.165) is 39.0 Å². The summed E-state index contributed by atoms with van der Waals surface area (Å²) in [5.74, 6) is 0. The predicted molar refractivity (Wildman–Crippen MR) is 88.9 cm³/mol. The van der Waals surface area contributed by atoms with Crippen LogP contribution in [0.4, 0.5) is 9.59 Å². The predicted octanol–water partition coefficient (Wildman–Crippen LogP) is 0.310. The summed E-state index contributed by atoms with van der Waals surface area (Å²) in [7, 11) is 0. The maximum absolute atomic E-state index is 11.6. The van der Waals surface area contributed by atoms with Gasteiger partial charge in [-0.2, -0.15) is 0 Å². The smallest absolute Gasteiger partial charge is 0.409 e. The molecule has 2 N–H and O–H groups in total. The van der Waals surface area contributed by atoms with Crippen molar-refractivity contribution >= 4 is 12.2 Å². The largest absolute Gasteiger partial charge is 0.412 e. The number of rotatable bonds is 10. The fraction of sp³-hybridized carbons (Fsp3) is 0.875. The van der Waals surface area contributed by atoms with Gasteiger partial charge in [-0.15, -0.1) is 0 Å². The van der Waals surface area contributed by atoms with Gasteiger partial charge in [0.15, 0.2) is 0 Å². The van der Waals surface area contributed by atoms with E-state index < -0.39 is 24.8 Å². The Labute approximate surface area is 147 Å². The Balaban J connectivity index is 1.19. The van der Waals surface area contributed by atoms with Crippen molar-refractivity contribution in [3.63, 3.8) is 0 Å². The van der Waals surface area contributed by atoms with Gasteiger partial charge in [0.2, 0.25) is 0 Å². The minimum Gasteiger partial charge on any atom is -0.412 e. The average molecular weight is 356 g/mol. The van der Waals surface area contributed by atoms with Crippen LogP contribution in [0.25, 0.3) is 0 Å². The SMILES string of the molecule is CC(CCNC(=O)OC1OC1OC(=O)NCCC(C)N1CC1)N1CC1. The normalized spacial score (nSPS) is 27.1. The summed E-state index contributed by atoms with van der Waals surface area (Å²) in [5.41, 5.74) is 0. The van der Waals surface area contributed by atoms with E-state index in [-0.39, 0.29) is 0 Å². The molecule has 0 saturated carbocycles. The van der Waals surface area contributed by atoms with Crippen molar-refractivity contribution in [1.82, 2.24) is 20.4 Å². The molecule has 142 valence electrons. The van der Waals surface area contributed by atoms with Crippen molar-refractivity contribution in [3.8, 4) is 0 Å². The number of hydrogen-bond donors (Lipinski definition) is 2. The van der Waals surface area contributed by atoms with E-state index in [4.69, 9.17) is 14.2 Å². The Morgan fingerprint density at radius 3 is 1.68 bits per heavy atom. The second kappa shape index (κ2) is 8.20. The second-order valence-electron chi connectivity index (χ2n) is 6.88. The number of carbonyl (C=O) groups is 2. The van der Waals surface area contributed by atoms with E-state index in [0.29, 0.717) is 25.2 Å². The van der Waals surface area contributed by atoms with Gasteiger partial charge in [0.25, 0.3) is 12.6 Å². The van der Waals surface area contributed by atoms with Crippen LogP contribution in [-0.2, 0) is 14.2 Å². The molecule has 0 radical (unpaired) electrons. The molecule has 3 saturated heterocycles. The molecular formula is C16H28N4O5. The van der Waals surface area contributed by atoms with Gasteiger partial charge in [-0.25, -0.2) is 9.59 Å². The van der Waals surface area contributed by atoms with Crippen molar-refractivity contribution < 1.29 is 23.8 Å². The number of carbonyl (C=O) groups excluding carboxylic acids is 2. The third kappa shape index (κ3) is 6.33. The summed E-state index contributed by atoms with van der Waals surface area (Å²) >= 11 is 0. The van der Waals surface area contributed by atoms with Gasteiger partial charge < -0.3 is 20.1 Å². The number of amides is 2. The third-order valence-electron chi connectivity index (χ3n) is 4.73. The summed E-state index contributed by atoms with van der Waals surface area (Å²) in [5, 5.41) is 5.35. The van der Waals surface area contributed by atoms with Crippen molar-refractivity contribution in [2.75, 3.05) is 39.3 Å². The lowest BCUT2D eigenvalue weighted by atomic mass is 10.2. The van der Waals surface area contributed by atoms with E-state index in [9.17, 15) is 9.59 Å². The summed E-state index contributed by atoms with van der Waals surface area (Å²) in [6, 6.07) is 0.938. The van der Waals surface area contributed by atoms with Gasteiger partial charge in [0, 0.05) is 51.4 Å². The Kier molecular flexibility index (Phi) is 5.98. The number of hydrogen-bond acceptors (Lipinski definition) is 7. The number of alkyl carbamates (subject to hydrolysis) is 2. The van der Waals surface area contributed by atoms with Gasteiger partial charge in [-0.3, -0.25) is 14.5 Å². The molecule has 0 aromatic carbocycles. The molecule has 3 heterocycles. The number of nitrogens with zero attached hydrogens (tertiary/aromatic N) is 2. The maximum Gasteiger partial charge on any atom is 0.409 e. The van der Waals surface area contributed by atoms with Crippen molar-refractivity contribution in [2.45, 2.75) is 51.4 Å². The number of nitrogens with one attached hydrogen (secondary N) is 2. The van der Waals surface area contributed by atoms with Crippen molar-refractivity contribution in [2.24, 2.45) is 0 Å². The number of ether oxygens (including phenoxy) is 3. The van der Waals surface area contributed by atoms with Crippen LogP contribution in [0.15, 0.2) is 0 Å². The molecule has 3 aliphatic rings. The quantitative estimate of drug-likeness (QED) is 0.544. The van der Waals surface area contributed by atoms with Crippen LogP contribution in [0, 0.1) is 0 Å². The molecule has 3 rings (SSSR count). The lowest BCUT2D eigenvalue weighted by molar-refractivity contribution is 0.0920. The van der Waals surface area contributed by atoms with Gasteiger partial charge in [0.1, 0.15) is 0 Å². The van der Waals surface area contributed by atoms with Crippen LogP contribution in [0.1, 0.15) is 26.7 Å². The highest BCUT2D eigenvalue weighted by molar-refractivity contribution is 5.68. The van der Waals surface area contributed by atoms with E-state index >= 15 is 0 Å². The molecule has 0 aromatic rings. The minimum atomic E-state index is -0.813. The first-order valence-corrected chi connectivity index (χ1v) is 9.05.